The van der Waals surface area contributed by atoms with Crippen molar-refractivity contribution in [2.45, 2.75) is 18.7 Å². The predicted molar refractivity (Wildman–Crippen MR) is 114 cm³/mol. The van der Waals surface area contributed by atoms with E-state index in [1.807, 2.05) is 19.9 Å². The van der Waals surface area contributed by atoms with Crippen LogP contribution in [0.15, 0.2) is 77.7 Å². The molecule has 0 saturated carbocycles. The van der Waals surface area contributed by atoms with Gasteiger partial charge in [-0.2, -0.15) is 0 Å². The van der Waals surface area contributed by atoms with Gasteiger partial charge in [-0.3, -0.25) is 9.52 Å². The number of aryl methyl sites for hydroxylation is 1. The van der Waals surface area contributed by atoms with E-state index in [0.717, 1.165) is 5.56 Å². The number of para-hydroxylation sites is 2. The highest BCUT2D eigenvalue weighted by Gasteiger charge is 2.15. The number of anilines is 2. The summed E-state index contributed by atoms with van der Waals surface area (Å²) in [6, 6.07) is 20.0. The normalized spacial score (nSPS) is 11.0. The van der Waals surface area contributed by atoms with Crippen LogP contribution < -0.4 is 14.8 Å². The number of benzene rings is 3. The van der Waals surface area contributed by atoms with Crippen LogP contribution in [0.4, 0.5) is 11.4 Å². The zero-order valence-corrected chi connectivity index (χ0v) is 17.0. The molecular weight excluding hydrogens is 388 g/mol. The van der Waals surface area contributed by atoms with Crippen molar-refractivity contribution in [1.29, 1.82) is 0 Å². The Labute approximate surface area is 170 Å². The maximum absolute atomic E-state index is 12.5. The van der Waals surface area contributed by atoms with Crippen molar-refractivity contribution in [3.8, 4) is 5.75 Å². The molecule has 0 fully saturated rings. The van der Waals surface area contributed by atoms with Gasteiger partial charge >= 0.3 is 0 Å². The van der Waals surface area contributed by atoms with Crippen molar-refractivity contribution in [2.75, 3.05) is 16.6 Å². The van der Waals surface area contributed by atoms with Gasteiger partial charge in [-0.05, 0) is 62.4 Å². The van der Waals surface area contributed by atoms with Crippen LogP contribution in [0.2, 0.25) is 0 Å². The van der Waals surface area contributed by atoms with Crippen LogP contribution in [0.3, 0.4) is 0 Å². The summed E-state index contributed by atoms with van der Waals surface area (Å²) in [7, 11) is -3.69. The molecule has 0 heterocycles. The van der Waals surface area contributed by atoms with Crippen molar-refractivity contribution in [2.24, 2.45) is 0 Å². The number of hydrogen-bond acceptors (Lipinski definition) is 4. The molecule has 0 radical (unpaired) electrons. The SMILES string of the molecule is CCOc1ccccc1NC(=O)c1ccc(NS(=O)(=O)c2ccc(C)cc2)cc1. The Morgan fingerprint density at radius 3 is 2.24 bits per heavy atom. The van der Waals surface area contributed by atoms with Crippen molar-refractivity contribution in [3.05, 3.63) is 83.9 Å². The van der Waals surface area contributed by atoms with Gasteiger partial charge in [0.15, 0.2) is 0 Å². The third-order valence-corrected chi connectivity index (χ3v) is 5.56. The molecule has 0 aromatic heterocycles. The first-order chi connectivity index (χ1) is 13.9. The van der Waals surface area contributed by atoms with E-state index in [-0.39, 0.29) is 10.8 Å². The lowest BCUT2D eigenvalue weighted by molar-refractivity contribution is 0.102. The van der Waals surface area contributed by atoms with Crippen LogP contribution >= 0.6 is 0 Å². The fourth-order valence-electron chi connectivity index (χ4n) is 2.67. The van der Waals surface area contributed by atoms with Crippen LogP contribution in [-0.4, -0.2) is 20.9 Å². The average molecular weight is 410 g/mol. The predicted octanol–water partition coefficient (Wildman–Crippen LogP) is 4.45. The van der Waals surface area contributed by atoms with Gasteiger partial charge in [0.25, 0.3) is 15.9 Å². The molecule has 3 rings (SSSR count). The Morgan fingerprint density at radius 2 is 1.59 bits per heavy atom. The van der Waals surface area contributed by atoms with Crippen molar-refractivity contribution in [3.63, 3.8) is 0 Å². The van der Waals surface area contributed by atoms with Gasteiger partial charge in [-0.1, -0.05) is 29.8 Å². The summed E-state index contributed by atoms with van der Waals surface area (Å²) in [4.78, 5) is 12.7. The van der Waals surface area contributed by atoms with Gasteiger partial charge in [0, 0.05) is 11.3 Å². The summed E-state index contributed by atoms with van der Waals surface area (Å²) < 4.78 is 33.0. The maximum atomic E-state index is 12.5. The lowest BCUT2D eigenvalue weighted by atomic mass is 10.2. The minimum absolute atomic E-state index is 0.178. The molecule has 0 saturated heterocycles. The summed E-state index contributed by atoms with van der Waals surface area (Å²) in [5.41, 5.74) is 2.32. The molecule has 0 unspecified atom stereocenters. The van der Waals surface area contributed by atoms with E-state index in [2.05, 4.69) is 10.0 Å². The highest BCUT2D eigenvalue weighted by atomic mass is 32.2. The number of hydrogen-bond donors (Lipinski definition) is 2. The quantitative estimate of drug-likeness (QED) is 0.603. The van der Waals surface area contributed by atoms with Crippen LogP contribution in [0.25, 0.3) is 0 Å². The Hall–Kier alpha value is -3.32. The fraction of sp³-hybridized carbons (Fsp3) is 0.136. The molecule has 0 aliphatic heterocycles. The van der Waals surface area contributed by atoms with Gasteiger partial charge in [0.1, 0.15) is 5.75 Å². The van der Waals surface area contributed by atoms with Crippen molar-refractivity contribution < 1.29 is 17.9 Å². The molecule has 0 atom stereocenters. The lowest BCUT2D eigenvalue weighted by Gasteiger charge is -2.12. The molecule has 29 heavy (non-hydrogen) atoms. The second kappa shape index (κ2) is 8.79. The number of amides is 1. The molecule has 0 aliphatic rings. The van der Waals surface area contributed by atoms with Crippen LogP contribution in [0, 0.1) is 6.92 Å². The summed E-state index contributed by atoms with van der Waals surface area (Å²) in [6.07, 6.45) is 0. The standard InChI is InChI=1S/C22H22N2O4S/c1-3-28-21-7-5-4-6-20(21)23-22(25)17-10-12-18(13-11-17)24-29(26,27)19-14-8-16(2)9-15-19/h4-15,24H,3H2,1-2H3,(H,23,25). The minimum Gasteiger partial charge on any atom is -0.492 e. The van der Waals surface area contributed by atoms with Crippen LogP contribution in [-0.2, 0) is 10.0 Å². The number of sulfonamides is 1. The Bertz CT molecular complexity index is 1090. The molecule has 0 spiro atoms. The molecule has 6 nitrogen and oxygen atoms in total. The molecule has 0 aliphatic carbocycles. The van der Waals surface area contributed by atoms with E-state index < -0.39 is 10.0 Å². The lowest BCUT2D eigenvalue weighted by Crippen LogP contribution is -2.14. The van der Waals surface area contributed by atoms with E-state index in [0.29, 0.717) is 29.3 Å². The van der Waals surface area contributed by atoms with E-state index in [1.54, 1.807) is 66.7 Å². The Kier molecular flexibility index (Phi) is 6.19. The van der Waals surface area contributed by atoms with Gasteiger partial charge in [-0.25, -0.2) is 8.42 Å². The van der Waals surface area contributed by atoms with E-state index in [4.69, 9.17) is 4.74 Å². The zero-order chi connectivity index (χ0) is 20.9. The van der Waals surface area contributed by atoms with E-state index in [1.165, 1.54) is 0 Å². The monoisotopic (exact) mass is 410 g/mol. The second-order valence-electron chi connectivity index (χ2n) is 6.38. The molecule has 150 valence electrons. The average Bonchev–Trinajstić information content (AvgIpc) is 2.70. The third-order valence-electron chi connectivity index (χ3n) is 4.17. The molecule has 0 bridgehead atoms. The first-order valence-electron chi connectivity index (χ1n) is 9.12. The smallest absolute Gasteiger partial charge is 0.261 e. The van der Waals surface area contributed by atoms with E-state index >= 15 is 0 Å². The molecule has 3 aromatic carbocycles. The third kappa shape index (κ3) is 5.14. The molecule has 3 aromatic rings. The number of nitrogens with one attached hydrogen (secondary N) is 2. The highest BCUT2D eigenvalue weighted by molar-refractivity contribution is 7.92. The second-order valence-corrected chi connectivity index (χ2v) is 8.06. The number of carbonyl (C=O) groups excluding carboxylic acids is 1. The van der Waals surface area contributed by atoms with Gasteiger partial charge in [0.05, 0.1) is 17.2 Å². The first kappa shape index (κ1) is 20.4. The van der Waals surface area contributed by atoms with Crippen molar-refractivity contribution >= 4 is 27.3 Å². The van der Waals surface area contributed by atoms with E-state index in [9.17, 15) is 13.2 Å². The number of ether oxygens (including phenoxy) is 1. The van der Waals surface area contributed by atoms with Gasteiger partial charge in [-0.15, -0.1) is 0 Å². The number of rotatable bonds is 7. The topological polar surface area (TPSA) is 84.5 Å². The molecular formula is C22H22N2O4S. The maximum Gasteiger partial charge on any atom is 0.261 e. The summed E-state index contributed by atoms with van der Waals surface area (Å²) in [5.74, 6) is 0.274. The zero-order valence-electron chi connectivity index (χ0n) is 16.2. The highest BCUT2D eigenvalue weighted by Crippen LogP contribution is 2.24. The van der Waals surface area contributed by atoms with Crippen molar-refractivity contribution in [1.82, 2.24) is 0 Å². The van der Waals surface area contributed by atoms with Gasteiger partial charge in [0.2, 0.25) is 0 Å². The molecule has 7 heteroatoms. The Morgan fingerprint density at radius 1 is 0.931 bits per heavy atom. The van der Waals surface area contributed by atoms with Crippen LogP contribution in [0.5, 0.6) is 5.75 Å². The molecule has 2 N–H and O–H groups in total. The largest absolute Gasteiger partial charge is 0.492 e. The minimum atomic E-state index is -3.69. The van der Waals surface area contributed by atoms with Crippen LogP contribution in [0.1, 0.15) is 22.8 Å². The number of carbonyl (C=O) groups is 1. The fourth-order valence-corrected chi connectivity index (χ4v) is 3.73. The summed E-state index contributed by atoms with van der Waals surface area (Å²) >= 11 is 0. The summed E-state index contributed by atoms with van der Waals surface area (Å²) in [6.45, 7) is 4.25. The molecule has 1 amide bonds. The Balaban J connectivity index is 1.71. The van der Waals surface area contributed by atoms with Gasteiger partial charge < -0.3 is 10.1 Å². The summed E-state index contributed by atoms with van der Waals surface area (Å²) in [5, 5.41) is 2.81. The first-order valence-corrected chi connectivity index (χ1v) is 10.6.